The number of aliphatic hydroxyl groups excluding tert-OH is 1. The number of carbonyl (C=O) groups excluding carboxylic acids is 1. The molecule has 1 unspecified atom stereocenters. The molecule has 1 atom stereocenters. The molecule has 102 valence electrons. The zero-order chi connectivity index (χ0) is 13.9. The van der Waals surface area contributed by atoms with Crippen molar-refractivity contribution >= 4 is 5.91 Å². The van der Waals surface area contributed by atoms with Crippen LogP contribution in [0, 0.1) is 0 Å². The molecule has 0 spiro atoms. The van der Waals surface area contributed by atoms with Crippen LogP contribution < -0.4 is 0 Å². The lowest BCUT2D eigenvalue weighted by Gasteiger charge is -2.23. The van der Waals surface area contributed by atoms with Gasteiger partial charge in [-0.3, -0.25) is 9.48 Å². The van der Waals surface area contributed by atoms with Crippen LogP contribution in [-0.4, -0.2) is 45.4 Å². The topological polar surface area (TPSA) is 58.4 Å². The maximum absolute atomic E-state index is 12.3. The van der Waals surface area contributed by atoms with Gasteiger partial charge in [0.15, 0.2) is 0 Å². The fraction of sp³-hybridized carbons (Fsp3) is 0.692. The van der Waals surface area contributed by atoms with Gasteiger partial charge in [-0.15, -0.1) is 0 Å². The van der Waals surface area contributed by atoms with Crippen molar-refractivity contribution in [3.8, 4) is 0 Å². The first-order valence-corrected chi connectivity index (χ1v) is 6.38. The normalized spacial score (nSPS) is 12.8. The van der Waals surface area contributed by atoms with E-state index in [0.29, 0.717) is 18.2 Å². The van der Waals surface area contributed by atoms with E-state index in [9.17, 15) is 4.79 Å². The minimum atomic E-state index is -0.194. The molecule has 1 amide bonds. The summed E-state index contributed by atoms with van der Waals surface area (Å²) in [6.07, 6.45) is 0. The zero-order valence-electron chi connectivity index (χ0n) is 11.8. The predicted molar refractivity (Wildman–Crippen MR) is 70.6 cm³/mol. The number of aryl methyl sites for hydroxylation is 1. The average molecular weight is 253 g/mol. The SMILES string of the molecule is CCn1nc(C(C)C)cc1C(=O)N(C)C(C)CO. The van der Waals surface area contributed by atoms with Crippen LogP contribution in [-0.2, 0) is 6.54 Å². The molecule has 0 aliphatic carbocycles. The fourth-order valence-electron chi connectivity index (χ4n) is 1.64. The van der Waals surface area contributed by atoms with Gasteiger partial charge in [-0.05, 0) is 25.8 Å². The molecule has 0 radical (unpaired) electrons. The van der Waals surface area contributed by atoms with Gasteiger partial charge in [0.2, 0.25) is 0 Å². The molecule has 0 fully saturated rings. The first-order valence-electron chi connectivity index (χ1n) is 6.38. The van der Waals surface area contributed by atoms with Crippen LogP contribution in [0.15, 0.2) is 6.07 Å². The summed E-state index contributed by atoms with van der Waals surface area (Å²) < 4.78 is 1.72. The maximum Gasteiger partial charge on any atom is 0.272 e. The van der Waals surface area contributed by atoms with Gasteiger partial charge in [0.05, 0.1) is 18.3 Å². The number of likely N-dealkylation sites (N-methyl/N-ethyl adjacent to an activating group) is 1. The second-order valence-corrected chi connectivity index (χ2v) is 4.87. The highest BCUT2D eigenvalue weighted by atomic mass is 16.3. The molecule has 0 aliphatic rings. The minimum Gasteiger partial charge on any atom is -0.394 e. The van der Waals surface area contributed by atoms with E-state index in [4.69, 9.17) is 5.11 Å². The van der Waals surface area contributed by atoms with Crippen LogP contribution in [0.3, 0.4) is 0 Å². The number of amides is 1. The number of nitrogens with zero attached hydrogens (tertiary/aromatic N) is 3. The molecule has 5 heteroatoms. The quantitative estimate of drug-likeness (QED) is 0.864. The standard InChI is InChI=1S/C13H23N3O2/c1-6-16-12(7-11(14-16)9(2)3)13(18)15(5)10(4)8-17/h7,9-10,17H,6,8H2,1-5H3. The Bertz CT molecular complexity index is 412. The van der Waals surface area contributed by atoms with E-state index >= 15 is 0 Å². The summed E-state index contributed by atoms with van der Waals surface area (Å²) in [7, 11) is 1.70. The molecule has 18 heavy (non-hydrogen) atoms. The monoisotopic (exact) mass is 253 g/mol. The van der Waals surface area contributed by atoms with Crippen molar-refractivity contribution in [1.82, 2.24) is 14.7 Å². The van der Waals surface area contributed by atoms with Crippen LogP contribution >= 0.6 is 0 Å². The highest BCUT2D eigenvalue weighted by molar-refractivity contribution is 5.92. The van der Waals surface area contributed by atoms with Gasteiger partial charge in [-0.25, -0.2) is 0 Å². The Morgan fingerprint density at radius 1 is 1.50 bits per heavy atom. The number of hydrogen-bond donors (Lipinski definition) is 1. The van der Waals surface area contributed by atoms with E-state index in [1.54, 1.807) is 16.6 Å². The molecule has 0 saturated carbocycles. The van der Waals surface area contributed by atoms with Crippen molar-refractivity contribution in [3.63, 3.8) is 0 Å². The molecule has 1 aromatic heterocycles. The van der Waals surface area contributed by atoms with Crippen molar-refractivity contribution in [2.75, 3.05) is 13.7 Å². The Morgan fingerprint density at radius 2 is 2.11 bits per heavy atom. The van der Waals surface area contributed by atoms with Gasteiger partial charge in [0, 0.05) is 13.6 Å². The summed E-state index contributed by atoms with van der Waals surface area (Å²) in [5.74, 6) is 0.197. The molecule has 0 aliphatic heterocycles. The van der Waals surface area contributed by atoms with E-state index < -0.39 is 0 Å². The average Bonchev–Trinajstić information content (AvgIpc) is 2.80. The van der Waals surface area contributed by atoms with Crippen molar-refractivity contribution in [3.05, 3.63) is 17.5 Å². The number of aliphatic hydroxyl groups is 1. The Balaban J connectivity index is 3.04. The molecule has 5 nitrogen and oxygen atoms in total. The van der Waals surface area contributed by atoms with E-state index in [-0.39, 0.29) is 18.6 Å². The van der Waals surface area contributed by atoms with Gasteiger partial charge in [-0.2, -0.15) is 5.10 Å². The minimum absolute atomic E-state index is 0.0421. The lowest BCUT2D eigenvalue weighted by Crippen LogP contribution is -2.38. The summed E-state index contributed by atoms with van der Waals surface area (Å²) in [6, 6.07) is 1.65. The van der Waals surface area contributed by atoms with Crippen molar-refractivity contribution in [1.29, 1.82) is 0 Å². The predicted octanol–water partition coefficient (Wildman–Crippen LogP) is 1.48. The second-order valence-electron chi connectivity index (χ2n) is 4.87. The fourth-order valence-corrected chi connectivity index (χ4v) is 1.64. The third-order valence-corrected chi connectivity index (χ3v) is 3.15. The second kappa shape index (κ2) is 6.00. The van der Waals surface area contributed by atoms with Gasteiger partial charge in [0.1, 0.15) is 5.69 Å². The van der Waals surface area contributed by atoms with Crippen molar-refractivity contribution in [2.24, 2.45) is 0 Å². The van der Waals surface area contributed by atoms with E-state index in [0.717, 1.165) is 5.69 Å². The number of carbonyl (C=O) groups is 1. The van der Waals surface area contributed by atoms with Crippen LogP contribution in [0.1, 0.15) is 49.8 Å². The molecule has 0 saturated heterocycles. The summed E-state index contributed by atoms with van der Waals surface area (Å²) in [5, 5.41) is 13.5. The summed E-state index contributed by atoms with van der Waals surface area (Å²) in [6.45, 7) is 8.50. The lowest BCUT2D eigenvalue weighted by atomic mass is 10.1. The lowest BCUT2D eigenvalue weighted by molar-refractivity contribution is 0.0670. The highest BCUT2D eigenvalue weighted by Gasteiger charge is 2.22. The van der Waals surface area contributed by atoms with Crippen LogP contribution in [0.5, 0.6) is 0 Å². The van der Waals surface area contributed by atoms with E-state index in [2.05, 4.69) is 18.9 Å². The summed E-state index contributed by atoms with van der Waals surface area (Å²) in [4.78, 5) is 13.9. The van der Waals surface area contributed by atoms with Gasteiger partial charge in [-0.1, -0.05) is 13.8 Å². The summed E-state index contributed by atoms with van der Waals surface area (Å²) in [5.41, 5.74) is 1.51. The van der Waals surface area contributed by atoms with Gasteiger partial charge < -0.3 is 10.0 Å². The van der Waals surface area contributed by atoms with Crippen molar-refractivity contribution < 1.29 is 9.90 Å². The summed E-state index contributed by atoms with van der Waals surface area (Å²) >= 11 is 0. The Labute approximate surface area is 108 Å². The van der Waals surface area contributed by atoms with Crippen LogP contribution in [0.25, 0.3) is 0 Å². The highest BCUT2D eigenvalue weighted by Crippen LogP contribution is 2.16. The Kier molecular flexibility index (Phi) is 4.90. The molecule has 1 N–H and O–H groups in total. The van der Waals surface area contributed by atoms with Gasteiger partial charge in [0.25, 0.3) is 5.91 Å². The molecule has 1 aromatic rings. The van der Waals surface area contributed by atoms with Gasteiger partial charge >= 0.3 is 0 Å². The van der Waals surface area contributed by atoms with Crippen LogP contribution in [0.4, 0.5) is 0 Å². The number of rotatable bonds is 5. The molecular formula is C13H23N3O2. The third kappa shape index (κ3) is 2.90. The third-order valence-electron chi connectivity index (χ3n) is 3.15. The first-order chi connectivity index (χ1) is 8.42. The molecule has 0 aromatic carbocycles. The number of aromatic nitrogens is 2. The molecule has 0 bridgehead atoms. The zero-order valence-corrected chi connectivity index (χ0v) is 11.8. The molecular weight excluding hydrogens is 230 g/mol. The Hall–Kier alpha value is -1.36. The first kappa shape index (κ1) is 14.7. The van der Waals surface area contributed by atoms with E-state index in [1.807, 2.05) is 19.9 Å². The largest absolute Gasteiger partial charge is 0.394 e. The van der Waals surface area contributed by atoms with Crippen molar-refractivity contribution in [2.45, 2.75) is 46.2 Å². The maximum atomic E-state index is 12.3. The van der Waals surface area contributed by atoms with Crippen LogP contribution in [0.2, 0.25) is 0 Å². The molecule has 1 rings (SSSR count). The smallest absolute Gasteiger partial charge is 0.272 e. The molecule has 1 heterocycles. The number of hydrogen-bond acceptors (Lipinski definition) is 3. The Morgan fingerprint density at radius 3 is 2.56 bits per heavy atom. The van der Waals surface area contributed by atoms with E-state index in [1.165, 1.54) is 0 Å².